The summed E-state index contributed by atoms with van der Waals surface area (Å²) in [7, 11) is 6.26. The van der Waals surface area contributed by atoms with E-state index in [1.807, 2.05) is 24.1 Å². The molecule has 0 fully saturated rings. The molecule has 2 rings (SSSR count). The van der Waals surface area contributed by atoms with Gasteiger partial charge in [0.05, 0.1) is 34.0 Å². The summed E-state index contributed by atoms with van der Waals surface area (Å²) >= 11 is 0. The molecule has 0 bridgehead atoms. The van der Waals surface area contributed by atoms with Crippen molar-refractivity contribution in [1.82, 2.24) is 0 Å². The Kier molecular flexibility index (Phi) is 6.26. The molecule has 0 aliphatic carbocycles. The number of carbonyl (C=O) groups excluding carboxylic acids is 1. The fourth-order valence-corrected chi connectivity index (χ4v) is 2.34. The highest BCUT2D eigenvalue weighted by Gasteiger charge is 2.10. The fourth-order valence-electron chi connectivity index (χ4n) is 2.34. The van der Waals surface area contributed by atoms with Crippen LogP contribution in [0.1, 0.15) is 11.1 Å². The van der Waals surface area contributed by atoms with E-state index in [1.165, 1.54) is 0 Å². The second kappa shape index (κ2) is 8.62. The molecule has 2 aromatic carbocycles. The van der Waals surface area contributed by atoms with Crippen LogP contribution in [0.2, 0.25) is 0 Å². The van der Waals surface area contributed by atoms with Crippen molar-refractivity contribution in [1.29, 1.82) is 0 Å². The van der Waals surface area contributed by atoms with Gasteiger partial charge in [0.15, 0.2) is 11.5 Å². The molecular formula is C20H20O5. The van der Waals surface area contributed by atoms with Crippen LogP contribution < -0.4 is 18.9 Å². The third kappa shape index (κ3) is 4.22. The van der Waals surface area contributed by atoms with Crippen LogP contribution in [0.25, 0.3) is 11.6 Å². The molecule has 0 spiro atoms. The second-order valence-corrected chi connectivity index (χ2v) is 5.03. The summed E-state index contributed by atoms with van der Waals surface area (Å²) in [5, 5.41) is 0. The highest BCUT2D eigenvalue weighted by Crippen LogP contribution is 2.35. The van der Waals surface area contributed by atoms with Crippen molar-refractivity contribution in [2.45, 2.75) is 0 Å². The van der Waals surface area contributed by atoms with Gasteiger partial charge in [0.1, 0.15) is 17.4 Å². The Bertz CT molecular complexity index is 817. The Morgan fingerprint density at radius 1 is 0.880 bits per heavy atom. The van der Waals surface area contributed by atoms with Crippen LogP contribution in [-0.2, 0) is 4.79 Å². The maximum Gasteiger partial charge on any atom is 0.164 e. The SMILES string of the molecule is COc1cccc(C(=C=O)/C=C/c2cc(OC)c(OC)cc2OC)c1. The smallest absolute Gasteiger partial charge is 0.164 e. The molecule has 0 aliphatic heterocycles. The summed E-state index contributed by atoms with van der Waals surface area (Å²) < 4.78 is 21.1. The first-order valence-corrected chi connectivity index (χ1v) is 7.54. The monoisotopic (exact) mass is 340 g/mol. The van der Waals surface area contributed by atoms with Crippen molar-refractivity contribution >= 4 is 17.6 Å². The maximum absolute atomic E-state index is 11.4. The van der Waals surface area contributed by atoms with Gasteiger partial charge in [0.25, 0.3) is 0 Å². The Hall–Kier alpha value is -3.17. The van der Waals surface area contributed by atoms with E-state index in [2.05, 4.69) is 0 Å². The predicted octanol–water partition coefficient (Wildman–Crippen LogP) is 3.65. The number of benzene rings is 2. The van der Waals surface area contributed by atoms with Crippen LogP contribution >= 0.6 is 0 Å². The van der Waals surface area contributed by atoms with Crippen molar-refractivity contribution in [3.05, 3.63) is 53.6 Å². The fraction of sp³-hybridized carbons (Fsp3) is 0.200. The highest BCUT2D eigenvalue weighted by atomic mass is 16.5. The number of methoxy groups -OCH3 is 4. The molecular weight excluding hydrogens is 320 g/mol. The highest BCUT2D eigenvalue weighted by molar-refractivity contribution is 5.96. The van der Waals surface area contributed by atoms with E-state index in [1.54, 1.807) is 58.8 Å². The third-order valence-corrected chi connectivity index (χ3v) is 3.66. The molecule has 0 atom stereocenters. The molecule has 5 nitrogen and oxygen atoms in total. The lowest BCUT2D eigenvalue weighted by Crippen LogP contribution is -1.94. The first kappa shape index (κ1) is 18.2. The van der Waals surface area contributed by atoms with E-state index < -0.39 is 0 Å². The minimum Gasteiger partial charge on any atom is -0.497 e. The average Bonchev–Trinajstić information content (AvgIpc) is 2.67. The number of allylic oxidation sites excluding steroid dienone is 2. The van der Waals surface area contributed by atoms with Gasteiger partial charge in [-0.05, 0) is 35.9 Å². The minimum atomic E-state index is 0.399. The quantitative estimate of drug-likeness (QED) is 0.569. The summed E-state index contributed by atoms with van der Waals surface area (Å²) in [4.78, 5) is 11.4. The van der Waals surface area contributed by atoms with Gasteiger partial charge in [-0.15, -0.1) is 0 Å². The lowest BCUT2D eigenvalue weighted by atomic mass is 10.0. The Morgan fingerprint density at radius 3 is 2.16 bits per heavy atom. The van der Waals surface area contributed by atoms with E-state index in [0.717, 1.165) is 5.56 Å². The topological polar surface area (TPSA) is 54.0 Å². The summed E-state index contributed by atoms with van der Waals surface area (Å²) in [6, 6.07) is 10.7. The van der Waals surface area contributed by atoms with E-state index in [0.29, 0.717) is 34.1 Å². The first-order chi connectivity index (χ1) is 12.2. The lowest BCUT2D eigenvalue weighted by molar-refractivity contribution is 0.348. The van der Waals surface area contributed by atoms with Gasteiger partial charge in [-0.3, -0.25) is 0 Å². The van der Waals surface area contributed by atoms with Crippen molar-refractivity contribution in [2.75, 3.05) is 28.4 Å². The van der Waals surface area contributed by atoms with Crippen molar-refractivity contribution < 1.29 is 23.7 Å². The molecule has 0 amide bonds. The van der Waals surface area contributed by atoms with Gasteiger partial charge < -0.3 is 18.9 Å². The molecule has 2 aromatic rings. The molecule has 0 aliphatic rings. The number of hydrogen-bond donors (Lipinski definition) is 0. The van der Waals surface area contributed by atoms with Gasteiger partial charge in [-0.25, -0.2) is 4.79 Å². The molecule has 0 aromatic heterocycles. The van der Waals surface area contributed by atoms with Crippen LogP contribution in [-0.4, -0.2) is 34.4 Å². The minimum absolute atomic E-state index is 0.399. The summed E-state index contributed by atoms with van der Waals surface area (Å²) in [6.07, 6.45) is 3.44. The van der Waals surface area contributed by atoms with E-state index in [4.69, 9.17) is 18.9 Å². The van der Waals surface area contributed by atoms with Crippen LogP contribution in [0.15, 0.2) is 42.5 Å². The zero-order valence-electron chi connectivity index (χ0n) is 14.7. The van der Waals surface area contributed by atoms with Gasteiger partial charge in [0.2, 0.25) is 0 Å². The zero-order chi connectivity index (χ0) is 18.2. The van der Waals surface area contributed by atoms with Gasteiger partial charge in [0, 0.05) is 11.6 Å². The predicted molar refractivity (Wildman–Crippen MR) is 97.2 cm³/mol. The van der Waals surface area contributed by atoms with Crippen molar-refractivity contribution in [3.8, 4) is 23.0 Å². The molecule has 5 heteroatoms. The molecule has 0 saturated heterocycles. The number of rotatable bonds is 7. The van der Waals surface area contributed by atoms with Crippen molar-refractivity contribution in [2.24, 2.45) is 0 Å². The molecule has 0 N–H and O–H groups in total. The number of ether oxygens (including phenoxy) is 4. The molecule has 0 unspecified atom stereocenters. The molecule has 0 heterocycles. The third-order valence-electron chi connectivity index (χ3n) is 3.66. The van der Waals surface area contributed by atoms with Gasteiger partial charge >= 0.3 is 0 Å². The summed E-state index contributed by atoms with van der Waals surface area (Å²) in [5.41, 5.74) is 1.86. The van der Waals surface area contributed by atoms with Crippen molar-refractivity contribution in [3.63, 3.8) is 0 Å². The first-order valence-electron chi connectivity index (χ1n) is 7.54. The zero-order valence-corrected chi connectivity index (χ0v) is 14.7. The Balaban J connectivity index is 2.40. The maximum atomic E-state index is 11.4. The number of hydrogen-bond acceptors (Lipinski definition) is 5. The summed E-state index contributed by atoms with van der Waals surface area (Å²) in [5.74, 6) is 4.36. The Labute approximate surface area is 147 Å². The lowest BCUT2D eigenvalue weighted by Gasteiger charge is -2.12. The molecule has 0 saturated carbocycles. The van der Waals surface area contributed by atoms with Gasteiger partial charge in [-0.2, -0.15) is 0 Å². The Morgan fingerprint density at radius 2 is 1.56 bits per heavy atom. The normalized spacial score (nSPS) is 10.2. The molecule has 25 heavy (non-hydrogen) atoms. The summed E-state index contributed by atoms with van der Waals surface area (Å²) in [6.45, 7) is 0. The van der Waals surface area contributed by atoms with Crippen LogP contribution in [0.3, 0.4) is 0 Å². The molecule has 130 valence electrons. The van der Waals surface area contributed by atoms with E-state index >= 15 is 0 Å². The van der Waals surface area contributed by atoms with E-state index in [-0.39, 0.29) is 0 Å². The molecule has 0 radical (unpaired) electrons. The van der Waals surface area contributed by atoms with Gasteiger partial charge in [-0.1, -0.05) is 12.1 Å². The van der Waals surface area contributed by atoms with Crippen LogP contribution in [0.5, 0.6) is 23.0 Å². The standard InChI is InChI=1S/C20H20O5/c1-22-17-7-5-6-14(10-17)16(13-21)9-8-15-11-19(24-3)20(25-4)12-18(15)23-2/h5-12H,1-4H3/b9-8+. The van der Waals surface area contributed by atoms with Crippen LogP contribution in [0, 0.1) is 0 Å². The largest absolute Gasteiger partial charge is 0.497 e. The second-order valence-electron chi connectivity index (χ2n) is 5.03. The van der Waals surface area contributed by atoms with E-state index in [9.17, 15) is 4.79 Å². The van der Waals surface area contributed by atoms with Crippen LogP contribution in [0.4, 0.5) is 0 Å². The average molecular weight is 340 g/mol.